The second kappa shape index (κ2) is 8.68. The molecule has 0 saturated carbocycles. The fourth-order valence-corrected chi connectivity index (χ4v) is 6.64. The van der Waals surface area contributed by atoms with Crippen molar-refractivity contribution < 1.29 is 8.42 Å². The molecule has 2 aromatic heterocycles. The van der Waals surface area contributed by atoms with Gasteiger partial charge in [0.05, 0.1) is 17.2 Å². The predicted octanol–water partition coefficient (Wildman–Crippen LogP) is 3.86. The number of nitrogens with one attached hydrogen (secondary N) is 1. The van der Waals surface area contributed by atoms with Crippen molar-refractivity contribution in [1.29, 1.82) is 0 Å². The number of aromatic nitrogens is 4. The van der Waals surface area contributed by atoms with Crippen molar-refractivity contribution in [2.45, 2.75) is 29.8 Å². The highest BCUT2D eigenvalue weighted by Crippen LogP contribution is 2.31. The normalized spacial score (nSPS) is 18.0. The summed E-state index contributed by atoms with van der Waals surface area (Å²) < 4.78 is 25.6. The van der Waals surface area contributed by atoms with Gasteiger partial charge in [0.1, 0.15) is 5.82 Å². The van der Waals surface area contributed by atoms with Crippen LogP contribution in [0.5, 0.6) is 0 Å². The third-order valence-corrected chi connectivity index (χ3v) is 8.16. The molecule has 0 spiro atoms. The number of anilines is 2. The number of thiazole rings is 1. The molecular formula is C19H21N5O2S3. The summed E-state index contributed by atoms with van der Waals surface area (Å²) in [6.45, 7) is 4.37. The summed E-state index contributed by atoms with van der Waals surface area (Å²) in [6.07, 6.45) is 2.38. The number of para-hydroxylation sites is 1. The molecular weight excluding hydrogens is 426 g/mol. The van der Waals surface area contributed by atoms with Crippen LogP contribution in [0.4, 0.5) is 10.8 Å². The average Bonchev–Trinajstić information content (AvgIpc) is 3.40. The smallest absolute Gasteiger partial charge is 0.191 e. The van der Waals surface area contributed by atoms with Crippen LogP contribution in [-0.2, 0) is 22.1 Å². The summed E-state index contributed by atoms with van der Waals surface area (Å²) >= 11 is 3.11. The van der Waals surface area contributed by atoms with Crippen molar-refractivity contribution in [3.8, 4) is 0 Å². The molecule has 1 fully saturated rings. The summed E-state index contributed by atoms with van der Waals surface area (Å²) in [5, 5.41) is 15.5. The molecule has 0 amide bonds. The summed E-state index contributed by atoms with van der Waals surface area (Å²) in [6, 6.07) is 9.93. The Balaban J connectivity index is 1.44. The molecule has 1 aromatic carbocycles. The molecule has 1 N–H and O–H groups in total. The van der Waals surface area contributed by atoms with Crippen LogP contribution in [0.2, 0.25) is 0 Å². The molecule has 0 unspecified atom stereocenters. The zero-order chi connectivity index (χ0) is 20.3. The van der Waals surface area contributed by atoms with Crippen LogP contribution in [0.3, 0.4) is 0 Å². The van der Waals surface area contributed by atoms with Crippen molar-refractivity contribution in [1.82, 2.24) is 19.7 Å². The summed E-state index contributed by atoms with van der Waals surface area (Å²) in [7, 11) is -2.97. The van der Waals surface area contributed by atoms with E-state index in [2.05, 4.69) is 27.1 Å². The molecule has 0 radical (unpaired) electrons. The van der Waals surface area contributed by atoms with Crippen LogP contribution < -0.4 is 5.32 Å². The zero-order valence-corrected chi connectivity index (χ0v) is 18.1. The van der Waals surface area contributed by atoms with Gasteiger partial charge < -0.3 is 9.88 Å². The molecule has 3 heterocycles. The van der Waals surface area contributed by atoms with E-state index in [0.717, 1.165) is 27.5 Å². The molecule has 29 heavy (non-hydrogen) atoms. The number of nitrogens with zero attached hydrogens (tertiary/aromatic N) is 4. The molecule has 0 bridgehead atoms. The first kappa shape index (κ1) is 20.1. The highest BCUT2D eigenvalue weighted by Gasteiger charge is 2.33. The van der Waals surface area contributed by atoms with E-state index in [1.54, 1.807) is 29.2 Å². The Bertz CT molecular complexity index is 1090. The lowest BCUT2D eigenvalue weighted by atomic mass is 10.1. The van der Waals surface area contributed by atoms with E-state index >= 15 is 0 Å². The minimum absolute atomic E-state index is 0.0947. The lowest BCUT2D eigenvalue weighted by molar-refractivity contribution is 0.597. The first-order valence-electron chi connectivity index (χ1n) is 9.18. The number of hydrogen-bond acceptors (Lipinski definition) is 8. The maximum Gasteiger partial charge on any atom is 0.191 e. The maximum absolute atomic E-state index is 11.8. The fraction of sp³-hybridized carbons (Fsp3) is 0.316. The SMILES string of the molecule is C=CCn1c(SCc2csc(Nc3ccccc3)n2)nnc1[C@@H]1CCS(=O)(=O)C1. The minimum atomic E-state index is -2.97. The van der Waals surface area contributed by atoms with Gasteiger partial charge in [-0.15, -0.1) is 28.1 Å². The number of benzene rings is 1. The van der Waals surface area contributed by atoms with Crippen molar-refractivity contribution in [2.75, 3.05) is 16.8 Å². The first-order chi connectivity index (χ1) is 14.0. The molecule has 4 rings (SSSR count). The predicted molar refractivity (Wildman–Crippen MR) is 118 cm³/mol. The molecule has 1 atom stereocenters. The Morgan fingerprint density at radius 2 is 2.14 bits per heavy atom. The van der Waals surface area contributed by atoms with Crippen molar-refractivity contribution in [3.05, 3.63) is 59.9 Å². The molecule has 1 saturated heterocycles. The molecule has 10 heteroatoms. The van der Waals surface area contributed by atoms with Crippen LogP contribution in [0.25, 0.3) is 0 Å². The van der Waals surface area contributed by atoms with E-state index in [1.807, 2.05) is 40.3 Å². The van der Waals surface area contributed by atoms with Gasteiger partial charge in [0.2, 0.25) is 0 Å². The van der Waals surface area contributed by atoms with Crippen molar-refractivity contribution in [2.24, 2.45) is 0 Å². The van der Waals surface area contributed by atoms with Gasteiger partial charge in [0, 0.05) is 29.3 Å². The Kier molecular flexibility index (Phi) is 6.02. The lowest BCUT2D eigenvalue weighted by Gasteiger charge is -2.10. The molecule has 3 aromatic rings. The average molecular weight is 448 g/mol. The van der Waals surface area contributed by atoms with Crippen LogP contribution in [0.15, 0.2) is 53.5 Å². The number of hydrogen-bond donors (Lipinski definition) is 1. The minimum Gasteiger partial charge on any atom is -0.332 e. The zero-order valence-electron chi connectivity index (χ0n) is 15.7. The Labute approximate surface area is 178 Å². The number of thioether (sulfide) groups is 1. The number of rotatable bonds is 8. The van der Waals surface area contributed by atoms with Crippen LogP contribution in [0.1, 0.15) is 23.9 Å². The second-order valence-corrected chi connectivity index (χ2v) is 10.8. The van der Waals surface area contributed by atoms with Gasteiger partial charge in [-0.2, -0.15) is 0 Å². The maximum atomic E-state index is 11.8. The van der Waals surface area contributed by atoms with Gasteiger partial charge in [-0.25, -0.2) is 13.4 Å². The van der Waals surface area contributed by atoms with E-state index in [9.17, 15) is 8.42 Å². The van der Waals surface area contributed by atoms with E-state index in [4.69, 9.17) is 0 Å². The van der Waals surface area contributed by atoms with E-state index < -0.39 is 9.84 Å². The third kappa shape index (κ3) is 4.88. The molecule has 0 aliphatic carbocycles. The Hall–Kier alpha value is -2.17. The monoisotopic (exact) mass is 447 g/mol. The van der Waals surface area contributed by atoms with Gasteiger partial charge in [0.15, 0.2) is 20.1 Å². The molecule has 152 valence electrons. The van der Waals surface area contributed by atoms with Crippen LogP contribution >= 0.6 is 23.1 Å². The standard InChI is InChI=1S/C19H21N5O2S3/c1-2-9-24-17(14-8-10-29(25,26)13-14)22-23-19(24)28-12-16-11-27-18(21-16)20-15-6-4-3-5-7-15/h2-7,11,14H,1,8-10,12-13H2,(H,20,21)/t14-/m1/s1. The molecule has 1 aliphatic rings. The Morgan fingerprint density at radius 3 is 2.86 bits per heavy atom. The van der Waals surface area contributed by atoms with Crippen molar-refractivity contribution in [3.63, 3.8) is 0 Å². The van der Waals surface area contributed by atoms with Gasteiger partial charge in [-0.1, -0.05) is 36.0 Å². The molecule has 7 nitrogen and oxygen atoms in total. The van der Waals surface area contributed by atoms with Gasteiger partial charge in [0.25, 0.3) is 0 Å². The third-order valence-electron chi connectivity index (χ3n) is 4.58. The highest BCUT2D eigenvalue weighted by atomic mass is 32.2. The van der Waals surface area contributed by atoms with Gasteiger partial charge in [-0.05, 0) is 18.6 Å². The van der Waals surface area contributed by atoms with Crippen LogP contribution in [-0.4, -0.2) is 39.7 Å². The molecule has 1 aliphatic heterocycles. The summed E-state index contributed by atoms with van der Waals surface area (Å²) in [5.41, 5.74) is 1.96. The van der Waals surface area contributed by atoms with E-state index in [0.29, 0.717) is 18.7 Å². The highest BCUT2D eigenvalue weighted by molar-refractivity contribution is 7.98. The van der Waals surface area contributed by atoms with E-state index in [1.165, 1.54) is 0 Å². The van der Waals surface area contributed by atoms with E-state index in [-0.39, 0.29) is 17.4 Å². The number of allylic oxidation sites excluding steroid dienone is 1. The van der Waals surface area contributed by atoms with Gasteiger partial charge >= 0.3 is 0 Å². The summed E-state index contributed by atoms with van der Waals surface area (Å²) in [5.74, 6) is 1.66. The van der Waals surface area contributed by atoms with Crippen molar-refractivity contribution >= 4 is 43.8 Å². The Morgan fingerprint density at radius 1 is 1.31 bits per heavy atom. The fourth-order valence-electron chi connectivity index (χ4n) is 3.22. The lowest BCUT2D eigenvalue weighted by Crippen LogP contribution is -2.11. The quantitative estimate of drug-likeness (QED) is 0.414. The first-order valence-corrected chi connectivity index (χ1v) is 12.9. The van der Waals surface area contributed by atoms with Gasteiger partial charge in [-0.3, -0.25) is 0 Å². The summed E-state index contributed by atoms with van der Waals surface area (Å²) in [4.78, 5) is 4.63. The topological polar surface area (TPSA) is 89.8 Å². The number of sulfone groups is 1. The second-order valence-electron chi connectivity index (χ2n) is 6.76. The van der Waals surface area contributed by atoms with Crippen LogP contribution in [0, 0.1) is 0 Å². The largest absolute Gasteiger partial charge is 0.332 e.